The van der Waals surface area contributed by atoms with Crippen molar-refractivity contribution >= 4 is 5.97 Å². The fourth-order valence-corrected chi connectivity index (χ4v) is 6.00. The Bertz CT molecular complexity index is 430. The van der Waals surface area contributed by atoms with Gasteiger partial charge in [0.1, 0.15) is 0 Å². The van der Waals surface area contributed by atoms with Crippen LogP contribution in [-0.4, -0.2) is 24.3 Å². The van der Waals surface area contributed by atoms with Crippen LogP contribution in [0.2, 0.25) is 0 Å². The van der Waals surface area contributed by atoms with E-state index in [0.29, 0.717) is 30.3 Å². The Morgan fingerprint density at radius 1 is 1.21 bits per heavy atom. The summed E-state index contributed by atoms with van der Waals surface area (Å²) in [4.78, 5) is 12.2. The molecular weight excluding hydrogens is 240 g/mol. The molecule has 4 aliphatic rings. The second kappa shape index (κ2) is 4.08. The van der Waals surface area contributed by atoms with Gasteiger partial charge in [-0.3, -0.25) is 4.79 Å². The molecule has 3 nitrogen and oxygen atoms in total. The Morgan fingerprint density at radius 3 is 2.53 bits per heavy atom. The summed E-state index contributed by atoms with van der Waals surface area (Å²) < 4.78 is 5.27. The van der Waals surface area contributed by atoms with E-state index in [1.165, 1.54) is 6.42 Å². The highest BCUT2D eigenvalue weighted by Crippen LogP contribution is 2.68. The van der Waals surface area contributed by atoms with Crippen molar-refractivity contribution in [2.45, 2.75) is 19.8 Å². The van der Waals surface area contributed by atoms with Crippen molar-refractivity contribution < 1.29 is 14.6 Å². The van der Waals surface area contributed by atoms with Crippen LogP contribution in [-0.2, 0) is 9.53 Å². The monoisotopic (exact) mass is 262 g/mol. The van der Waals surface area contributed by atoms with Gasteiger partial charge in [-0.25, -0.2) is 0 Å². The SMILES string of the molecule is CCOC(=O)C1C(CO)C2CC1C1C3C=CC(C3)C21. The molecule has 0 aliphatic heterocycles. The molecule has 0 aromatic carbocycles. The standard InChI is InChI=1S/C16H22O3/c1-2-19-16(18)15-11-6-10(12(15)7-17)13-8-3-4-9(5-8)14(11)13/h3-4,8-15,17H,2,5-7H2,1H3. The normalized spacial score (nSPS) is 52.7. The van der Waals surface area contributed by atoms with Crippen LogP contribution in [0.3, 0.4) is 0 Å². The van der Waals surface area contributed by atoms with Crippen molar-refractivity contribution in [3.05, 3.63) is 12.2 Å². The number of carbonyl (C=O) groups excluding carboxylic acids is 1. The van der Waals surface area contributed by atoms with E-state index < -0.39 is 0 Å². The molecule has 0 saturated heterocycles. The van der Waals surface area contributed by atoms with Gasteiger partial charge in [0.05, 0.1) is 12.5 Å². The second-order valence-electron chi connectivity index (χ2n) is 6.79. The Kier molecular flexibility index (Phi) is 2.57. The van der Waals surface area contributed by atoms with Gasteiger partial charge in [-0.15, -0.1) is 0 Å². The van der Waals surface area contributed by atoms with Crippen molar-refractivity contribution in [2.24, 2.45) is 47.3 Å². The van der Waals surface area contributed by atoms with Crippen LogP contribution in [0.15, 0.2) is 12.2 Å². The summed E-state index contributed by atoms with van der Waals surface area (Å²) in [5, 5.41) is 9.74. The van der Waals surface area contributed by atoms with E-state index in [-0.39, 0.29) is 24.4 Å². The molecule has 0 amide bonds. The number of rotatable bonds is 3. The minimum Gasteiger partial charge on any atom is -0.466 e. The number of aliphatic hydroxyl groups excluding tert-OH is 1. The third-order valence-corrected chi connectivity index (χ3v) is 6.36. The Balaban J connectivity index is 1.65. The van der Waals surface area contributed by atoms with Crippen molar-refractivity contribution in [3.8, 4) is 0 Å². The number of esters is 1. The summed E-state index contributed by atoms with van der Waals surface area (Å²) in [7, 11) is 0. The summed E-state index contributed by atoms with van der Waals surface area (Å²) in [6, 6.07) is 0. The third kappa shape index (κ3) is 1.40. The summed E-state index contributed by atoms with van der Waals surface area (Å²) in [6.07, 6.45) is 7.19. The molecule has 0 heterocycles. The van der Waals surface area contributed by atoms with E-state index in [4.69, 9.17) is 4.74 Å². The molecule has 0 aromatic heterocycles. The summed E-state index contributed by atoms with van der Waals surface area (Å²) in [6.45, 7) is 2.46. The van der Waals surface area contributed by atoms with Crippen molar-refractivity contribution in [1.82, 2.24) is 0 Å². The van der Waals surface area contributed by atoms with E-state index in [1.54, 1.807) is 0 Å². The van der Waals surface area contributed by atoms with Gasteiger partial charge in [0, 0.05) is 6.61 Å². The van der Waals surface area contributed by atoms with E-state index in [1.807, 2.05) is 6.92 Å². The largest absolute Gasteiger partial charge is 0.466 e. The van der Waals surface area contributed by atoms with Gasteiger partial charge in [-0.1, -0.05) is 12.2 Å². The highest BCUT2D eigenvalue weighted by Gasteiger charge is 2.66. The molecule has 4 bridgehead atoms. The van der Waals surface area contributed by atoms with Crippen molar-refractivity contribution in [3.63, 3.8) is 0 Å². The van der Waals surface area contributed by atoms with Gasteiger partial charge in [-0.2, -0.15) is 0 Å². The highest BCUT2D eigenvalue weighted by atomic mass is 16.5. The number of ether oxygens (including phenoxy) is 1. The number of carbonyl (C=O) groups is 1. The molecule has 0 spiro atoms. The van der Waals surface area contributed by atoms with Crippen LogP contribution in [0.5, 0.6) is 0 Å². The number of allylic oxidation sites excluding steroid dienone is 2. The maximum Gasteiger partial charge on any atom is 0.309 e. The van der Waals surface area contributed by atoms with E-state index in [2.05, 4.69) is 12.2 Å². The van der Waals surface area contributed by atoms with Gasteiger partial charge in [-0.05, 0) is 61.2 Å². The predicted octanol–water partition coefficient (Wildman–Crippen LogP) is 1.86. The van der Waals surface area contributed by atoms with Gasteiger partial charge in [0.2, 0.25) is 0 Å². The first kappa shape index (κ1) is 12.0. The zero-order valence-electron chi connectivity index (χ0n) is 11.4. The number of hydrogen-bond acceptors (Lipinski definition) is 3. The fraction of sp³-hybridized carbons (Fsp3) is 0.812. The van der Waals surface area contributed by atoms with E-state index in [0.717, 1.165) is 18.3 Å². The molecule has 104 valence electrons. The number of aliphatic hydroxyl groups is 1. The molecule has 8 atom stereocenters. The quantitative estimate of drug-likeness (QED) is 0.480. The minimum atomic E-state index is -0.0562. The first-order chi connectivity index (χ1) is 9.26. The molecule has 1 N–H and O–H groups in total. The predicted molar refractivity (Wildman–Crippen MR) is 70.0 cm³/mol. The van der Waals surface area contributed by atoms with Crippen molar-refractivity contribution in [2.75, 3.05) is 13.2 Å². The smallest absolute Gasteiger partial charge is 0.309 e. The summed E-state index contributed by atoms with van der Waals surface area (Å²) in [5.74, 6) is 3.92. The van der Waals surface area contributed by atoms with E-state index >= 15 is 0 Å². The third-order valence-electron chi connectivity index (χ3n) is 6.36. The zero-order valence-corrected chi connectivity index (χ0v) is 11.4. The summed E-state index contributed by atoms with van der Waals surface area (Å²) in [5.41, 5.74) is 0. The van der Waals surface area contributed by atoms with Crippen LogP contribution in [0.1, 0.15) is 19.8 Å². The molecule has 0 aromatic rings. The lowest BCUT2D eigenvalue weighted by Gasteiger charge is -2.40. The molecule has 0 radical (unpaired) electrons. The molecule has 19 heavy (non-hydrogen) atoms. The zero-order chi connectivity index (χ0) is 13.1. The van der Waals surface area contributed by atoms with Gasteiger partial charge in [0.25, 0.3) is 0 Å². The molecular formula is C16H22O3. The molecule has 4 rings (SSSR count). The first-order valence-corrected chi connectivity index (χ1v) is 7.72. The fourth-order valence-electron chi connectivity index (χ4n) is 6.00. The lowest BCUT2D eigenvalue weighted by atomic mass is 9.65. The number of fused-ring (bicyclic) bond motifs is 9. The Hall–Kier alpha value is -0.830. The molecule has 3 heteroatoms. The average molecular weight is 262 g/mol. The Morgan fingerprint density at radius 2 is 1.89 bits per heavy atom. The maximum atomic E-state index is 12.2. The van der Waals surface area contributed by atoms with Crippen molar-refractivity contribution in [1.29, 1.82) is 0 Å². The lowest BCUT2D eigenvalue weighted by molar-refractivity contribution is -0.155. The Labute approximate surface area is 114 Å². The van der Waals surface area contributed by atoms with Crippen LogP contribution in [0.4, 0.5) is 0 Å². The maximum absolute atomic E-state index is 12.2. The van der Waals surface area contributed by atoms with E-state index in [9.17, 15) is 9.90 Å². The molecule has 3 fully saturated rings. The first-order valence-electron chi connectivity index (χ1n) is 7.72. The van der Waals surface area contributed by atoms with Crippen LogP contribution < -0.4 is 0 Å². The molecule has 8 unspecified atom stereocenters. The highest BCUT2D eigenvalue weighted by molar-refractivity contribution is 5.74. The van der Waals surface area contributed by atoms with Gasteiger partial charge < -0.3 is 9.84 Å². The van der Waals surface area contributed by atoms with Gasteiger partial charge >= 0.3 is 5.97 Å². The minimum absolute atomic E-state index is 0.0380. The molecule has 3 saturated carbocycles. The van der Waals surface area contributed by atoms with Crippen LogP contribution >= 0.6 is 0 Å². The topological polar surface area (TPSA) is 46.5 Å². The van der Waals surface area contributed by atoms with Crippen LogP contribution in [0, 0.1) is 47.3 Å². The second-order valence-corrected chi connectivity index (χ2v) is 6.79. The number of hydrogen-bond donors (Lipinski definition) is 1. The lowest BCUT2D eigenvalue weighted by Crippen LogP contribution is -2.42. The van der Waals surface area contributed by atoms with Gasteiger partial charge in [0.15, 0.2) is 0 Å². The average Bonchev–Trinajstić information content (AvgIpc) is 3.14. The summed E-state index contributed by atoms with van der Waals surface area (Å²) >= 11 is 0. The molecule has 4 aliphatic carbocycles. The van der Waals surface area contributed by atoms with Crippen LogP contribution in [0.25, 0.3) is 0 Å².